The van der Waals surface area contributed by atoms with Crippen molar-refractivity contribution in [1.82, 2.24) is 0 Å². The average Bonchev–Trinajstić information content (AvgIpc) is 2.53. The van der Waals surface area contributed by atoms with Crippen LogP contribution >= 0.6 is 0 Å². The zero-order valence-corrected chi connectivity index (χ0v) is 12.0. The summed E-state index contributed by atoms with van der Waals surface area (Å²) in [4.78, 5) is 23.9. The molecule has 0 amide bonds. The van der Waals surface area contributed by atoms with Crippen molar-refractivity contribution in [2.24, 2.45) is 0 Å². The summed E-state index contributed by atoms with van der Waals surface area (Å²) in [6.07, 6.45) is 5.66. The van der Waals surface area contributed by atoms with E-state index in [2.05, 4.69) is 0 Å². The molecular weight excluding hydrogens is 256 g/mol. The van der Waals surface area contributed by atoms with E-state index in [1.54, 1.807) is 6.07 Å². The first-order chi connectivity index (χ1) is 9.69. The van der Waals surface area contributed by atoms with Gasteiger partial charge in [-0.3, -0.25) is 0 Å². The lowest BCUT2D eigenvalue weighted by molar-refractivity contribution is 0.0553. The van der Waals surface area contributed by atoms with E-state index >= 15 is 0 Å². The Labute approximate surface area is 119 Å². The molecule has 4 heteroatoms. The number of carbonyl (C=O) groups is 2. The molecule has 4 nitrogen and oxygen atoms in total. The van der Waals surface area contributed by atoms with Crippen LogP contribution in [-0.4, -0.2) is 26.2 Å². The molecule has 0 radical (unpaired) electrons. The minimum Gasteiger partial charge on any atom is -0.465 e. The van der Waals surface area contributed by atoms with E-state index in [0.29, 0.717) is 17.0 Å². The van der Waals surface area contributed by atoms with Crippen molar-refractivity contribution in [3.8, 4) is 0 Å². The summed E-state index contributed by atoms with van der Waals surface area (Å²) >= 11 is 0. The molecule has 0 atom stereocenters. The molecule has 1 aliphatic carbocycles. The third kappa shape index (κ3) is 2.84. The minimum absolute atomic E-state index is 0.294. The van der Waals surface area contributed by atoms with E-state index in [1.165, 1.54) is 20.6 Å². The Morgan fingerprint density at radius 2 is 1.65 bits per heavy atom. The summed E-state index contributed by atoms with van der Waals surface area (Å²) in [5, 5.41) is 0. The standard InChI is InChI=1S/C16H20O4/c1-19-15(17)13-10-6-9-12(14(13)16(18)20-2)11-7-4-3-5-8-11/h6,9-11H,3-5,7-8H2,1-2H3. The van der Waals surface area contributed by atoms with Crippen LogP contribution in [0.1, 0.15) is 64.3 Å². The van der Waals surface area contributed by atoms with Gasteiger partial charge in [0.15, 0.2) is 0 Å². The first-order valence-electron chi connectivity index (χ1n) is 6.98. The molecule has 0 aromatic heterocycles. The van der Waals surface area contributed by atoms with E-state index in [-0.39, 0.29) is 0 Å². The molecule has 20 heavy (non-hydrogen) atoms. The lowest BCUT2D eigenvalue weighted by Gasteiger charge is -2.24. The quantitative estimate of drug-likeness (QED) is 0.795. The molecule has 1 aromatic carbocycles. The second-order valence-corrected chi connectivity index (χ2v) is 5.09. The molecule has 1 aliphatic rings. The second kappa shape index (κ2) is 6.55. The molecule has 0 spiro atoms. The molecular formula is C16H20O4. The topological polar surface area (TPSA) is 52.6 Å². The zero-order chi connectivity index (χ0) is 14.5. The fourth-order valence-electron chi connectivity index (χ4n) is 2.93. The van der Waals surface area contributed by atoms with Gasteiger partial charge in [0.2, 0.25) is 0 Å². The lowest BCUT2D eigenvalue weighted by atomic mass is 9.81. The maximum Gasteiger partial charge on any atom is 0.339 e. The summed E-state index contributed by atoms with van der Waals surface area (Å²) < 4.78 is 9.62. The molecule has 1 saturated carbocycles. The number of benzene rings is 1. The highest BCUT2D eigenvalue weighted by molar-refractivity contribution is 6.04. The predicted octanol–water partition coefficient (Wildman–Crippen LogP) is 3.31. The average molecular weight is 276 g/mol. The smallest absolute Gasteiger partial charge is 0.339 e. The van der Waals surface area contributed by atoms with Crippen LogP contribution in [0.15, 0.2) is 18.2 Å². The van der Waals surface area contributed by atoms with E-state index in [4.69, 9.17) is 9.47 Å². The summed E-state index contributed by atoms with van der Waals surface area (Å²) in [6.45, 7) is 0. The first-order valence-corrected chi connectivity index (χ1v) is 6.98. The van der Waals surface area contributed by atoms with E-state index in [9.17, 15) is 9.59 Å². The van der Waals surface area contributed by atoms with E-state index in [0.717, 1.165) is 31.2 Å². The predicted molar refractivity (Wildman–Crippen MR) is 74.9 cm³/mol. The molecule has 1 fully saturated rings. The maximum absolute atomic E-state index is 12.1. The Hall–Kier alpha value is -1.84. The SMILES string of the molecule is COC(=O)c1cccc(C2CCCCC2)c1C(=O)OC. The monoisotopic (exact) mass is 276 g/mol. The minimum atomic E-state index is -0.497. The van der Waals surface area contributed by atoms with Crippen LogP contribution in [-0.2, 0) is 9.47 Å². The number of ether oxygens (including phenoxy) is 2. The number of esters is 2. The third-order valence-corrected chi connectivity index (χ3v) is 3.94. The van der Waals surface area contributed by atoms with Crippen LogP contribution < -0.4 is 0 Å². The molecule has 0 bridgehead atoms. The van der Waals surface area contributed by atoms with Gasteiger partial charge in [-0.1, -0.05) is 31.4 Å². The van der Waals surface area contributed by atoms with Gasteiger partial charge >= 0.3 is 11.9 Å². The van der Waals surface area contributed by atoms with Gasteiger partial charge in [0, 0.05) is 0 Å². The molecule has 0 aliphatic heterocycles. The Kier molecular flexibility index (Phi) is 4.77. The number of carbonyl (C=O) groups excluding carboxylic acids is 2. The van der Waals surface area contributed by atoms with Crippen LogP contribution in [0.25, 0.3) is 0 Å². The summed E-state index contributed by atoms with van der Waals surface area (Å²) in [6, 6.07) is 5.35. The maximum atomic E-state index is 12.1. The number of rotatable bonds is 3. The van der Waals surface area contributed by atoms with Crippen molar-refractivity contribution in [2.75, 3.05) is 14.2 Å². The first kappa shape index (κ1) is 14.6. The van der Waals surface area contributed by atoms with Gasteiger partial charge in [-0.2, -0.15) is 0 Å². The Morgan fingerprint density at radius 1 is 1.00 bits per heavy atom. The largest absolute Gasteiger partial charge is 0.465 e. The molecule has 0 heterocycles. The second-order valence-electron chi connectivity index (χ2n) is 5.09. The van der Waals surface area contributed by atoms with Crippen molar-refractivity contribution in [3.05, 3.63) is 34.9 Å². The van der Waals surface area contributed by atoms with Crippen molar-refractivity contribution in [3.63, 3.8) is 0 Å². The van der Waals surface area contributed by atoms with Crippen molar-refractivity contribution >= 4 is 11.9 Å². The zero-order valence-electron chi connectivity index (χ0n) is 12.0. The summed E-state index contributed by atoms with van der Waals surface area (Å²) in [5.74, 6) is -0.642. The van der Waals surface area contributed by atoms with Crippen molar-refractivity contribution < 1.29 is 19.1 Å². The fraction of sp³-hybridized carbons (Fsp3) is 0.500. The van der Waals surface area contributed by atoms with Crippen molar-refractivity contribution in [2.45, 2.75) is 38.0 Å². The van der Waals surface area contributed by atoms with Gasteiger partial charge in [-0.15, -0.1) is 0 Å². The van der Waals surface area contributed by atoms with Crippen LogP contribution in [0.3, 0.4) is 0 Å². The Balaban J connectivity index is 2.49. The highest BCUT2D eigenvalue weighted by atomic mass is 16.5. The highest BCUT2D eigenvalue weighted by Crippen LogP contribution is 2.35. The van der Waals surface area contributed by atoms with E-state index in [1.807, 2.05) is 12.1 Å². The number of methoxy groups -OCH3 is 2. The van der Waals surface area contributed by atoms with Crippen LogP contribution in [0.2, 0.25) is 0 Å². The van der Waals surface area contributed by atoms with E-state index < -0.39 is 11.9 Å². The number of hydrogen-bond acceptors (Lipinski definition) is 4. The molecule has 0 N–H and O–H groups in total. The lowest BCUT2D eigenvalue weighted by Crippen LogP contribution is -2.17. The fourth-order valence-corrected chi connectivity index (χ4v) is 2.93. The Morgan fingerprint density at radius 3 is 2.25 bits per heavy atom. The molecule has 108 valence electrons. The summed E-state index contributed by atoms with van der Waals surface area (Å²) in [5.41, 5.74) is 1.58. The van der Waals surface area contributed by atoms with Gasteiger partial charge in [0.25, 0.3) is 0 Å². The van der Waals surface area contributed by atoms with Gasteiger partial charge in [0.1, 0.15) is 0 Å². The summed E-state index contributed by atoms with van der Waals surface area (Å²) in [7, 11) is 2.65. The highest BCUT2D eigenvalue weighted by Gasteiger charge is 2.26. The van der Waals surface area contributed by atoms with Gasteiger partial charge in [0.05, 0.1) is 25.3 Å². The molecule has 0 unspecified atom stereocenters. The molecule has 1 aromatic rings. The molecule has 2 rings (SSSR count). The van der Waals surface area contributed by atoms with Crippen LogP contribution in [0, 0.1) is 0 Å². The van der Waals surface area contributed by atoms with Gasteiger partial charge in [-0.05, 0) is 30.4 Å². The normalized spacial score (nSPS) is 15.7. The van der Waals surface area contributed by atoms with Crippen LogP contribution in [0.5, 0.6) is 0 Å². The van der Waals surface area contributed by atoms with Gasteiger partial charge in [-0.25, -0.2) is 9.59 Å². The van der Waals surface area contributed by atoms with Crippen molar-refractivity contribution in [1.29, 1.82) is 0 Å². The van der Waals surface area contributed by atoms with Crippen LogP contribution in [0.4, 0.5) is 0 Å². The molecule has 0 saturated heterocycles. The number of hydrogen-bond donors (Lipinski definition) is 0. The third-order valence-electron chi connectivity index (χ3n) is 3.94. The van der Waals surface area contributed by atoms with Gasteiger partial charge < -0.3 is 9.47 Å². The Bertz CT molecular complexity index is 501.